The van der Waals surface area contributed by atoms with E-state index in [1.807, 2.05) is 19.9 Å². The summed E-state index contributed by atoms with van der Waals surface area (Å²) in [4.78, 5) is 12.8. The average molecular weight is 288 g/mol. The number of benzene rings is 1. The molecule has 1 atom stereocenters. The summed E-state index contributed by atoms with van der Waals surface area (Å²) in [5.41, 5.74) is 2.43. The van der Waals surface area contributed by atoms with Crippen LogP contribution in [0, 0.1) is 0 Å². The zero-order valence-corrected chi connectivity index (χ0v) is 12.8. The van der Waals surface area contributed by atoms with E-state index >= 15 is 0 Å². The van der Waals surface area contributed by atoms with Crippen LogP contribution in [0.3, 0.4) is 0 Å². The first-order valence-electron chi connectivity index (χ1n) is 6.89. The maximum absolute atomic E-state index is 12.8. The van der Waals surface area contributed by atoms with E-state index in [2.05, 4.69) is 0 Å². The smallest absolute Gasteiger partial charge is 0.292 e. The average Bonchev–Trinajstić information content (AvgIpc) is 2.44. The lowest BCUT2D eigenvalue weighted by Crippen LogP contribution is -2.13. The van der Waals surface area contributed by atoms with E-state index in [9.17, 15) is 9.90 Å². The van der Waals surface area contributed by atoms with Gasteiger partial charge in [0.15, 0.2) is 0 Å². The fraction of sp³-hybridized carbons (Fsp3) is 0.353. The monoisotopic (exact) mass is 288 g/mol. The summed E-state index contributed by atoms with van der Waals surface area (Å²) in [6, 6.07) is 5.19. The summed E-state index contributed by atoms with van der Waals surface area (Å²) in [6.07, 6.45) is 1.66. The quantitative estimate of drug-likeness (QED) is 0.876. The number of allylic oxidation sites excluding steroid dienone is 2. The first kappa shape index (κ1) is 15.3. The molecule has 0 aliphatic rings. The molecular weight excluding hydrogens is 268 g/mol. The van der Waals surface area contributed by atoms with Crippen LogP contribution in [0.25, 0.3) is 11.0 Å². The molecule has 0 saturated carbocycles. The first-order chi connectivity index (χ1) is 9.95. The molecule has 0 fully saturated rings. The molecule has 0 radical (unpaired) electrons. The van der Waals surface area contributed by atoms with Crippen LogP contribution in [0.1, 0.15) is 38.0 Å². The summed E-state index contributed by atoms with van der Waals surface area (Å²) in [5, 5.41) is 10.3. The lowest BCUT2D eigenvalue weighted by molar-refractivity contribution is 0.200. The van der Waals surface area contributed by atoms with Crippen molar-refractivity contribution in [2.45, 2.75) is 33.3 Å². The number of ether oxygens (including phenoxy) is 1. The Labute approximate surface area is 123 Å². The van der Waals surface area contributed by atoms with Crippen molar-refractivity contribution < 1.29 is 14.3 Å². The Morgan fingerprint density at radius 1 is 1.43 bits per heavy atom. The summed E-state index contributed by atoms with van der Waals surface area (Å²) in [6.45, 7) is 5.57. The summed E-state index contributed by atoms with van der Waals surface area (Å²) >= 11 is 0. The van der Waals surface area contributed by atoms with Crippen LogP contribution < -0.4 is 10.2 Å². The van der Waals surface area contributed by atoms with E-state index in [1.54, 1.807) is 25.1 Å². The second kappa shape index (κ2) is 6.14. The van der Waals surface area contributed by atoms with Crippen molar-refractivity contribution in [2.24, 2.45) is 0 Å². The van der Waals surface area contributed by atoms with Gasteiger partial charge in [-0.1, -0.05) is 23.8 Å². The highest BCUT2D eigenvalue weighted by Crippen LogP contribution is 2.27. The molecule has 0 saturated heterocycles. The molecule has 2 aromatic rings. The van der Waals surface area contributed by atoms with Gasteiger partial charge in [0.05, 0.1) is 24.2 Å². The molecule has 1 aromatic carbocycles. The number of methoxy groups -OCH3 is 1. The molecule has 4 nitrogen and oxygen atoms in total. The number of aliphatic hydroxyl groups excluding tert-OH is 1. The lowest BCUT2D eigenvalue weighted by atomic mass is 10.0. The van der Waals surface area contributed by atoms with E-state index in [-0.39, 0.29) is 11.4 Å². The van der Waals surface area contributed by atoms with Crippen molar-refractivity contribution in [1.82, 2.24) is 0 Å². The molecule has 1 unspecified atom stereocenters. The third kappa shape index (κ3) is 3.00. The van der Waals surface area contributed by atoms with Gasteiger partial charge in [-0.15, -0.1) is 0 Å². The van der Waals surface area contributed by atoms with Crippen LogP contribution in [0.2, 0.25) is 0 Å². The molecule has 112 valence electrons. The molecule has 0 amide bonds. The molecule has 1 aromatic heterocycles. The van der Waals surface area contributed by atoms with Gasteiger partial charge in [-0.05, 0) is 32.4 Å². The first-order valence-corrected chi connectivity index (χ1v) is 6.89. The van der Waals surface area contributed by atoms with Crippen molar-refractivity contribution in [1.29, 1.82) is 0 Å². The van der Waals surface area contributed by atoms with Gasteiger partial charge in [0.2, 0.25) is 5.43 Å². The second-order valence-electron chi connectivity index (χ2n) is 5.28. The highest BCUT2D eigenvalue weighted by atomic mass is 16.6. The van der Waals surface area contributed by atoms with Crippen molar-refractivity contribution in [3.63, 3.8) is 0 Å². The fourth-order valence-corrected chi connectivity index (χ4v) is 2.28. The highest BCUT2D eigenvalue weighted by molar-refractivity contribution is 5.82. The maximum Gasteiger partial charge on any atom is 0.292 e. The molecular formula is C17H20O4. The molecule has 0 aliphatic carbocycles. The van der Waals surface area contributed by atoms with E-state index in [0.717, 1.165) is 5.57 Å². The minimum atomic E-state index is -0.735. The van der Waals surface area contributed by atoms with Crippen LogP contribution in [-0.2, 0) is 6.42 Å². The Kier molecular flexibility index (Phi) is 4.48. The van der Waals surface area contributed by atoms with Crippen LogP contribution in [-0.4, -0.2) is 12.2 Å². The Morgan fingerprint density at radius 2 is 2.14 bits per heavy atom. The van der Waals surface area contributed by atoms with Gasteiger partial charge in [-0.2, -0.15) is 0 Å². The number of rotatable bonds is 4. The lowest BCUT2D eigenvalue weighted by Gasteiger charge is -2.11. The molecule has 0 bridgehead atoms. The molecule has 1 heterocycles. The van der Waals surface area contributed by atoms with Crippen LogP contribution in [0.15, 0.2) is 39.1 Å². The van der Waals surface area contributed by atoms with Gasteiger partial charge in [0.25, 0.3) is 5.95 Å². The predicted octanol–water partition coefficient (Wildman–Crippen LogP) is 3.36. The maximum atomic E-state index is 12.8. The Hall–Kier alpha value is -2.07. The summed E-state index contributed by atoms with van der Waals surface area (Å²) < 4.78 is 10.9. The number of fused-ring (bicyclic) bond motifs is 1. The topological polar surface area (TPSA) is 59.7 Å². The molecule has 21 heavy (non-hydrogen) atoms. The van der Waals surface area contributed by atoms with Crippen molar-refractivity contribution in [2.75, 3.05) is 7.11 Å². The zero-order chi connectivity index (χ0) is 15.6. The number of hydrogen-bond donors (Lipinski definition) is 1. The van der Waals surface area contributed by atoms with Crippen molar-refractivity contribution in [3.8, 4) is 5.95 Å². The van der Waals surface area contributed by atoms with E-state index in [0.29, 0.717) is 28.5 Å². The largest absolute Gasteiger partial charge is 0.468 e. The summed E-state index contributed by atoms with van der Waals surface area (Å²) in [7, 11) is 1.48. The SMILES string of the molecule is COc1oc2cccc(C(C)O)c2c(=O)c1CC=C(C)C. The van der Waals surface area contributed by atoms with Gasteiger partial charge in [-0.3, -0.25) is 4.79 Å². The minimum Gasteiger partial charge on any atom is -0.468 e. The van der Waals surface area contributed by atoms with Gasteiger partial charge in [-0.25, -0.2) is 0 Å². The number of aliphatic hydroxyl groups is 1. The summed E-state index contributed by atoms with van der Waals surface area (Å²) in [5.74, 6) is 0.229. The third-order valence-electron chi connectivity index (χ3n) is 3.36. The number of hydrogen-bond acceptors (Lipinski definition) is 4. The zero-order valence-electron chi connectivity index (χ0n) is 12.8. The van der Waals surface area contributed by atoms with Crippen LogP contribution in [0.5, 0.6) is 5.95 Å². The molecule has 4 heteroatoms. The minimum absolute atomic E-state index is 0.151. The molecule has 0 aliphatic heterocycles. The van der Waals surface area contributed by atoms with E-state index in [4.69, 9.17) is 9.15 Å². The Morgan fingerprint density at radius 3 is 2.71 bits per heavy atom. The predicted molar refractivity (Wildman–Crippen MR) is 82.8 cm³/mol. The van der Waals surface area contributed by atoms with Gasteiger partial charge in [0, 0.05) is 6.42 Å². The Bertz CT molecular complexity index is 734. The standard InChI is InChI=1S/C17H20O4/c1-10(2)8-9-13-16(19)15-12(11(3)18)6-5-7-14(15)21-17(13)20-4/h5-8,11,18H,9H2,1-4H3. The van der Waals surface area contributed by atoms with Crippen molar-refractivity contribution in [3.05, 3.63) is 51.2 Å². The van der Waals surface area contributed by atoms with Gasteiger partial charge in [0.1, 0.15) is 5.58 Å². The molecule has 2 rings (SSSR count). The molecule has 0 spiro atoms. The van der Waals surface area contributed by atoms with Gasteiger partial charge < -0.3 is 14.3 Å². The van der Waals surface area contributed by atoms with Crippen molar-refractivity contribution >= 4 is 11.0 Å². The highest BCUT2D eigenvalue weighted by Gasteiger charge is 2.18. The molecule has 1 N–H and O–H groups in total. The van der Waals surface area contributed by atoms with E-state index in [1.165, 1.54) is 7.11 Å². The fourth-order valence-electron chi connectivity index (χ4n) is 2.28. The normalized spacial score (nSPS) is 12.2. The van der Waals surface area contributed by atoms with Gasteiger partial charge >= 0.3 is 0 Å². The second-order valence-corrected chi connectivity index (χ2v) is 5.28. The van der Waals surface area contributed by atoms with Crippen LogP contribution >= 0.6 is 0 Å². The van der Waals surface area contributed by atoms with E-state index < -0.39 is 6.10 Å². The third-order valence-corrected chi connectivity index (χ3v) is 3.36. The van der Waals surface area contributed by atoms with Crippen LogP contribution in [0.4, 0.5) is 0 Å². The Balaban J connectivity index is 2.78.